The fraction of sp³-hybridized carbons (Fsp3) is 0.300. The van der Waals surface area contributed by atoms with Crippen LogP contribution in [0.5, 0.6) is 0 Å². The maximum Gasteiger partial charge on any atom is 0.0795 e. The predicted octanol–water partition coefficient (Wildman–Crippen LogP) is 2.97. The first-order chi connectivity index (χ1) is 5.86. The van der Waals surface area contributed by atoms with E-state index >= 15 is 0 Å². The largest absolute Gasteiger partial charge is 0.261 e. The summed E-state index contributed by atoms with van der Waals surface area (Å²) in [5, 5.41) is 0. The second-order valence-corrected chi connectivity index (χ2v) is 2.08. The minimum atomic E-state index is 0.473. The number of aliphatic imine (C=N–C) groups is 1. The lowest BCUT2D eigenvalue weighted by atomic mass is 10.2. The molecule has 1 nitrogen and oxygen atoms in total. The van der Waals surface area contributed by atoms with E-state index in [1.165, 1.54) is 5.56 Å². The highest BCUT2D eigenvalue weighted by Gasteiger charge is 2.01. The van der Waals surface area contributed by atoms with E-state index in [1.807, 2.05) is 38.1 Å². The number of para-hydroxylation sites is 1. The maximum atomic E-state index is 7.27. The molecule has 0 saturated carbocycles. The average Bonchev–Trinajstić information content (AvgIpc) is 2.48. The maximum absolute atomic E-state index is 7.27. The zero-order valence-electron chi connectivity index (χ0n) is 7.96. The van der Waals surface area contributed by atoms with Crippen LogP contribution in [0, 0.1) is 0 Å². The van der Waals surface area contributed by atoms with E-state index in [9.17, 15) is 0 Å². The first-order valence-electron chi connectivity index (χ1n) is 4.48. The number of hydrogen-bond acceptors (Lipinski definition) is 1. The summed E-state index contributed by atoms with van der Waals surface area (Å²) >= 11 is 0. The molecule has 58 valence electrons. The number of nitrogens with zero attached hydrogens (tertiary/aromatic N) is 1. The Morgan fingerprint density at radius 1 is 1.36 bits per heavy atom. The summed E-state index contributed by atoms with van der Waals surface area (Å²) in [6.45, 7) is 4.00. The lowest BCUT2D eigenvalue weighted by Crippen LogP contribution is -1.75. The number of benzene rings is 1. The first-order valence-corrected chi connectivity index (χ1v) is 3.98. The Morgan fingerprint density at radius 2 is 2.09 bits per heavy atom. The van der Waals surface area contributed by atoms with Crippen LogP contribution in [0.3, 0.4) is 0 Å². The molecular formula is C10H13N. The quantitative estimate of drug-likeness (QED) is 0.537. The highest BCUT2D eigenvalue weighted by atomic mass is 14.7. The van der Waals surface area contributed by atoms with Gasteiger partial charge in [-0.2, -0.15) is 0 Å². The minimum absolute atomic E-state index is 0.473. The SMILES string of the molecule is CC.[3H]C1=Nc2ccccc2C1. The number of rotatable bonds is 0. The molecule has 0 atom stereocenters. The van der Waals surface area contributed by atoms with E-state index < -0.39 is 0 Å². The summed E-state index contributed by atoms with van der Waals surface area (Å²) in [4.78, 5) is 4.04. The van der Waals surface area contributed by atoms with Crippen molar-refractivity contribution in [1.82, 2.24) is 0 Å². The van der Waals surface area contributed by atoms with Crippen LogP contribution in [0.15, 0.2) is 29.3 Å². The van der Waals surface area contributed by atoms with E-state index in [0.717, 1.165) is 5.69 Å². The molecule has 0 spiro atoms. The van der Waals surface area contributed by atoms with Crippen molar-refractivity contribution in [3.05, 3.63) is 29.8 Å². The molecule has 0 unspecified atom stereocenters. The highest BCUT2D eigenvalue weighted by molar-refractivity contribution is 5.75. The fourth-order valence-electron chi connectivity index (χ4n) is 0.979. The van der Waals surface area contributed by atoms with Gasteiger partial charge in [-0.1, -0.05) is 32.0 Å². The van der Waals surface area contributed by atoms with Gasteiger partial charge in [0.15, 0.2) is 0 Å². The van der Waals surface area contributed by atoms with Gasteiger partial charge in [-0.15, -0.1) is 0 Å². The molecule has 1 heteroatoms. The van der Waals surface area contributed by atoms with E-state index in [2.05, 4.69) is 4.99 Å². The molecule has 0 amide bonds. The summed E-state index contributed by atoms with van der Waals surface area (Å²) < 4.78 is 7.27. The van der Waals surface area contributed by atoms with Crippen molar-refractivity contribution < 1.29 is 1.37 Å². The third kappa shape index (κ3) is 1.67. The lowest BCUT2D eigenvalue weighted by Gasteiger charge is -1.91. The molecule has 0 bridgehead atoms. The van der Waals surface area contributed by atoms with E-state index in [-0.39, 0.29) is 0 Å². The molecule has 2 rings (SSSR count). The summed E-state index contributed by atoms with van der Waals surface area (Å²) in [6.07, 6.45) is 1.18. The second kappa shape index (κ2) is 3.91. The normalized spacial score (nSPS) is 14.0. The minimum Gasteiger partial charge on any atom is -0.261 e. The molecule has 0 aromatic heterocycles. The molecule has 1 aromatic rings. The Hall–Kier alpha value is -1.11. The molecule has 0 N–H and O–H groups in total. The van der Waals surface area contributed by atoms with Crippen molar-refractivity contribution in [2.45, 2.75) is 20.3 Å². The van der Waals surface area contributed by atoms with E-state index in [1.54, 1.807) is 0 Å². The third-order valence-corrected chi connectivity index (χ3v) is 1.46. The van der Waals surface area contributed by atoms with E-state index in [0.29, 0.717) is 12.6 Å². The summed E-state index contributed by atoms with van der Waals surface area (Å²) in [5.41, 5.74) is 2.14. The highest BCUT2D eigenvalue weighted by Crippen LogP contribution is 2.22. The zero-order chi connectivity index (χ0) is 8.97. The zero-order valence-corrected chi connectivity index (χ0v) is 6.96. The number of fused-ring (bicyclic) bond motifs is 1. The van der Waals surface area contributed by atoms with Gasteiger partial charge in [0.05, 0.1) is 7.06 Å². The van der Waals surface area contributed by atoms with Gasteiger partial charge in [-0.05, 0) is 11.6 Å². The van der Waals surface area contributed by atoms with Gasteiger partial charge < -0.3 is 0 Å². The lowest BCUT2D eigenvalue weighted by molar-refractivity contribution is 1.41. The third-order valence-electron chi connectivity index (χ3n) is 1.46. The first kappa shape index (κ1) is 6.59. The van der Waals surface area contributed by atoms with Crippen LogP contribution < -0.4 is 0 Å². The van der Waals surface area contributed by atoms with Gasteiger partial charge >= 0.3 is 0 Å². The van der Waals surface area contributed by atoms with Crippen molar-refractivity contribution in [3.8, 4) is 0 Å². The number of hydrogen-bond donors (Lipinski definition) is 0. The molecule has 1 aliphatic rings. The standard InChI is InChI=1S/C8H7N.C2H6/c1-2-4-8-7(3-1)5-6-9-8;1-2/h1-4,6H,5H2;1-2H3/i6T;. The van der Waals surface area contributed by atoms with Crippen LogP contribution in [0.4, 0.5) is 5.69 Å². The van der Waals surface area contributed by atoms with Crippen molar-refractivity contribution in [2.24, 2.45) is 4.99 Å². The van der Waals surface area contributed by atoms with Crippen LogP contribution in [0.2, 0.25) is 0 Å². The molecule has 0 saturated heterocycles. The molecule has 1 heterocycles. The van der Waals surface area contributed by atoms with Gasteiger partial charge in [-0.25, -0.2) is 0 Å². The van der Waals surface area contributed by atoms with Crippen molar-refractivity contribution in [1.29, 1.82) is 0 Å². The Morgan fingerprint density at radius 3 is 2.82 bits per heavy atom. The Kier molecular flexibility index (Phi) is 2.35. The smallest absolute Gasteiger partial charge is 0.0795 e. The molecule has 0 aliphatic carbocycles. The molecule has 0 radical (unpaired) electrons. The van der Waals surface area contributed by atoms with Crippen LogP contribution in [-0.4, -0.2) is 6.19 Å². The Balaban J connectivity index is 0.000000336. The van der Waals surface area contributed by atoms with Gasteiger partial charge in [0.1, 0.15) is 0 Å². The second-order valence-electron chi connectivity index (χ2n) is 2.08. The molecular weight excluding hydrogens is 134 g/mol. The van der Waals surface area contributed by atoms with E-state index in [4.69, 9.17) is 1.37 Å². The Bertz CT molecular complexity index is 292. The van der Waals surface area contributed by atoms with Gasteiger partial charge in [0.25, 0.3) is 0 Å². The molecule has 1 aliphatic heterocycles. The van der Waals surface area contributed by atoms with Crippen molar-refractivity contribution >= 4 is 11.9 Å². The molecule has 1 aromatic carbocycles. The molecule has 11 heavy (non-hydrogen) atoms. The van der Waals surface area contributed by atoms with Crippen molar-refractivity contribution in [3.63, 3.8) is 0 Å². The monoisotopic (exact) mass is 149 g/mol. The van der Waals surface area contributed by atoms with Crippen LogP contribution >= 0.6 is 0 Å². The summed E-state index contributed by atoms with van der Waals surface area (Å²) in [7, 11) is 0. The van der Waals surface area contributed by atoms with Crippen molar-refractivity contribution in [2.75, 3.05) is 0 Å². The predicted molar refractivity (Wildman–Crippen MR) is 49.6 cm³/mol. The topological polar surface area (TPSA) is 12.4 Å². The average molecular weight is 149 g/mol. The van der Waals surface area contributed by atoms with Gasteiger partial charge in [0.2, 0.25) is 0 Å². The van der Waals surface area contributed by atoms with Crippen LogP contribution in [0.25, 0.3) is 0 Å². The molecule has 0 fully saturated rings. The van der Waals surface area contributed by atoms with Crippen LogP contribution in [0.1, 0.15) is 20.8 Å². The van der Waals surface area contributed by atoms with Gasteiger partial charge in [-0.3, -0.25) is 4.99 Å². The summed E-state index contributed by atoms with van der Waals surface area (Å²) in [5.74, 6) is 0. The van der Waals surface area contributed by atoms with Gasteiger partial charge in [0, 0.05) is 12.6 Å². The fourth-order valence-corrected chi connectivity index (χ4v) is 0.979. The summed E-state index contributed by atoms with van der Waals surface area (Å²) in [6, 6.07) is 7.88. The Labute approximate surface area is 69.2 Å². The van der Waals surface area contributed by atoms with Crippen LogP contribution in [-0.2, 0) is 6.42 Å².